The zero-order valence-electron chi connectivity index (χ0n) is 15.5. The summed E-state index contributed by atoms with van der Waals surface area (Å²) in [5, 5.41) is 8.69. The van der Waals surface area contributed by atoms with Gasteiger partial charge in [-0.15, -0.1) is 0 Å². The Morgan fingerprint density at radius 2 is 1.70 bits per heavy atom. The summed E-state index contributed by atoms with van der Waals surface area (Å²) in [5.41, 5.74) is 1.93. The predicted molar refractivity (Wildman–Crippen MR) is 95.6 cm³/mol. The maximum absolute atomic E-state index is 12.4. The van der Waals surface area contributed by atoms with Gasteiger partial charge in [0.2, 0.25) is 0 Å². The lowest BCUT2D eigenvalue weighted by molar-refractivity contribution is -0.144. The lowest BCUT2D eigenvalue weighted by atomic mass is 9.75. The number of methoxy groups -OCH3 is 2. The van der Waals surface area contributed by atoms with E-state index in [4.69, 9.17) is 19.3 Å². The fourth-order valence-corrected chi connectivity index (χ4v) is 3.12. The summed E-state index contributed by atoms with van der Waals surface area (Å²) >= 11 is 0. The summed E-state index contributed by atoms with van der Waals surface area (Å²) in [4.78, 5) is 39.7. The van der Waals surface area contributed by atoms with E-state index in [1.165, 1.54) is 14.2 Å². The van der Waals surface area contributed by atoms with Crippen LogP contribution in [0.15, 0.2) is 40.5 Å². The Bertz CT molecular complexity index is 808. The van der Waals surface area contributed by atoms with Gasteiger partial charge < -0.3 is 19.3 Å². The molecule has 2 atom stereocenters. The molecule has 0 amide bonds. The Morgan fingerprint density at radius 1 is 1.07 bits per heavy atom. The highest BCUT2D eigenvalue weighted by Crippen LogP contribution is 2.40. The Balaban J connectivity index is 2.49. The highest BCUT2D eigenvalue weighted by molar-refractivity contribution is 6.06. The van der Waals surface area contributed by atoms with Crippen molar-refractivity contribution in [2.24, 2.45) is 10.9 Å². The van der Waals surface area contributed by atoms with Gasteiger partial charge in [0.1, 0.15) is 11.7 Å². The lowest BCUT2D eigenvalue weighted by Gasteiger charge is -2.31. The molecule has 0 aromatic heterocycles. The van der Waals surface area contributed by atoms with E-state index >= 15 is 0 Å². The first-order chi connectivity index (χ1) is 12.8. The number of hydrogen-bond donors (Lipinski definition) is 1. The number of benzene rings is 1. The van der Waals surface area contributed by atoms with Crippen LogP contribution in [-0.4, -0.2) is 49.6 Å². The molecule has 1 aromatic carbocycles. The highest BCUT2D eigenvalue weighted by atomic mass is 16.5. The highest BCUT2D eigenvalue weighted by Gasteiger charge is 2.42. The fourth-order valence-electron chi connectivity index (χ4n) is 3.12. The van der Waals surface area contributed by atoms with Gasteiger partial charge in [-0.2, -0.15) is 0 Å². The lowest BCUT2D eigenvalue weighted by Crippen LogP contribution is -2.36. The van der Waals surface area contributed by atoms with Gasteiger partial charge >= 0.3 is 17.9 Å². The fraction of sp³-hybridized carbons (Fsp3) is 0.368. The smallest absolute Gasteiger partial charge is 0.341 e. The molecule has 0 saturated carbocycles. The van der Waals surface area contributed by atoms with Crippen LogP contribution in [0.25, 0.3) is 0 Å². The molecule has 1 N–H and O–H groups in total. The van der Waals surface area contributed by atoms with Crippen molar-refractivity contribution in [1.29, 1.82) is 0 Å². The molecule has 0 spiro atoms. The molecule has 0 saturated heterocycles. The van der Waals surface area contributed by atoms with Gasteiger partial charge in [-0.05, 0) is 31.5 Å². The molecular weight excluding hydrogens is 354 g/mol. The first kappa shape index (κ1) is 20.2. The maximum Gasteiger partial charge on any atom is 0.341 e. The number of carbonyl (C=O) groups excluding carboxylic acids is 2. The molecular formula is C19H21NO7. The van der Waals surface area contributed by atoms with Crippen molar-refractivity contribution >= 4 is 23.6 Å². The quantitative estimate of drug-likeness (QED) is 0.756. The van der Waals surface area contributed by atoms with Crippen molar-refractivity contribution in [3.05, 3.63) is 41.1 Å². The maximum atomic E-state index is 12.4. The second kappa shape index (κ2) is 8.48. The van der Waals surface area contributed by atoms with Crippen molar-refractivity contribution in [1.82, 2.24) is 0 Å². The van der Waals surface area contributed by atoms with Crippen LogP contribution in [0.2, 0.25) is 0 Å². The number of carbonyl (C=O) groups is 3. The molecule has 144 valence electrons. The Kier molecular flexibility index (Phi) is 6.33. The number of carboxylic acid groups (broad SMARTS) is 1. The van der Waals surface area contributed by atoms with E-state index in [9.17, 15) is 14.4 Å². The molecule has 0 bridgehead atoms. The number of aliphatic carboxylic acids is 1. The van der Waals surface area contributed by atoms with Crippen LogP contribution >= 0.6 is 0 Å². The molecule has 2 unspecified atom stereocenters. The molecule has 1 aliphatic rings. The first-order valence-corrected chi connectivity index (χ1v) is 8.16. The molecule has 1 heterocycles. The van der Waals surface area contributed by atoms with Gasteiger partial charge in [0.05, 0.1) is 19.8 Å². The van der Waals surface area contributed by atoms with Crippen LogP contribution in [0.1, 0.15) is 25.3 Å². The topological polar surface area (TPSA) is 111 Å². The number of rotatable bonds is 6. The number of aliphatic imine (C=N–C) groups is 1. The van der Waals surface area contributed by atoms with Crippen molar-refractivity contribution in [3.8, 4) is 5.75 Å². The molecule has 0 fully saturated rings. The zero-order valence-corrected chi connectivity index (χ0v) is 15.5. The molecule has 8 nitrogen and oxygen atoms in total. The van der Waals surface area contributed by atoms with Crippen molar-refractivity contribution in [2.75, 3.05) is 20.8 Å². The van der Waals surface area contributed by atoms with Crippen LogP contribution in [0, 0.1) is 5.92 Å². The number of esters is 2. The van der Waals surface area contributed by atoms with Gasteiger partial charge in [0.25, 0.3) is 0 Å². The molecule has 1 aromatic rings. The molecule has 1 aliphatic heterocycles. The Labute approximate surface area is 156 Å². The predicted octanol–water partition coefficient (Wildman–Crippen LogP) is 1.94. The van der Waals surface area contributed by atoms with E-state index in [-0.39, 0.29) is 5.57 Å². The number of allylic oxidation sites excluding steroid dienone is 1. The standard InChI is InChI=1S/C19H21NO7/c1-10-15(18(23)25-3)17(16(11(2)20-10)19(24)26-4)12-5-7-13(8-6-12)27-9-14(21)22/h5-8,15,17H,9H2,1-4H3,(H,21,22). The SMILES string of the molecule is COC(=O)C1=C(C)N=C(C)C(C(=O)OC)C1c1ccc(OCC(=O)O)cc1. The molecule has 0 radical (unpaired) electrons. The summed E-state index contributed by atoms with van der Waals surface area (Å²) < 4.78 is 14.9. The van der Waals surface area contributed by atoms with E-state index in [1.807, 2.05) is 0 Å². The Hall–Kier alpha value is -3.16. The number of nitrogens with zero attached hydrogens (tertiary/aromatic N) is 1. The molecule has 0 aliphatic carbocycles. The van der Waals surface area contributed by atoms with E-state index in [2.05, 4.69) is 4.99 Å². The summed E-state index contributed by atoms with van der Waals surface area (Å²) in [5.74, 6) is -3.24. The second-order valence-corrected chi connectivity index (χ2v) is 5.97. The number of hydrogen-bond acceptors (Lipinski definition) is 7. The van der Waals surface area contributed by atoms with Gasteiger partial charge in [-0.3, -0.25) is 9.79 Å². The van der Waals surface area contributed by atoms with Crippen LogP contribution in [0.5, 0.6) is 5.75 Å². The molecule has 27 heavy (non-hydrogen) atoms. The Morgan fingerprint density at radius 3 is 2.22 bits per heavy atom. The van der Waals surface area contributed by atoms with Crippen LogP contribution < -0.4 is 4.74 Å². The number of carboxylic acids is 1. The summed E-state index contributed by atoms with van der Waals surface area (Å²) in [6.07, 6.45) is 0. The third-order valence-electron chi connectivity index (χ3n) is 4.29. The van der Waals surface area contributed by atoms with Crippen molar-refractivity contribution in [3.63, 3.8) is 0 Å². The van der Waals surface area contributed by atoms with Crippen LogP contribution in [0.4, 0.5) is 0 Å². The minimum Gasteiger partial charge on any atom is -0.482 e. The van der Waals surface area contributed by atoms with Crippen LogP contribution in [-0.2, 0) is 23.9 Å². The first-order valence-electron chi connectivity index (χ1n) is 8.16. The van der Waals surface area contributed by atoms with E-state index in [1.54, 1.807) is 38.1 Å². The third-order valence-corrected chi connectivity index (χ3v) is 4.29. The van der Waals surface area contributed by atoms with Crippen molar-refractivity contribution in [2.45, 2.75) is 19.8 Å². The van der Waals surface area contributed by atoms with Gasteiger partial charge in [-0.1, -0.05) is 12.1 Å². The summed E-state index contributed by atoms with van der Waals surface area (Å²) in [6, 6.07) is 6.51. The normalized spacial score (nSPS) is 19.2. The third kappa shape index (κ3) is 4.33. The minimum atomic E-state index is -1.09. The zero-order chi connectivity index (χ0) is 20.1. The monoisotopic (exact) mass is 375 g/mol. The van der Waals surface area contributed by atoms with Gasteiger partial charge in [0.15, 0.2) is 6.61 Å². The van der Waals surface area contributed by atoms with Crippen molar-refractivity contribution < 1.29 is 33.7 Å². The van der Waals surface area contributed by atoms with E-state index in [0.29, 0.717) is 22.7 Å². The van der Waals surface area contributed by atoms with E-state index < -0.39 is 36.4 Å². The van der Waals surface area contributed by atoms with E-state index in [0.717, 1.165) is 0 Å². The van der Waals surface area contributed by atoms with Gasteiger partial charge in [-0.25, -0.2) is 9.59 Å². The molecule has 8 heteroatoms. The molecule has 2 rings (SSSR count). The second-order valence-electron chi connectivity index (χ2n) is 5.97. The van der Waals surface area contributed by atoms with Crippen LogP contribution in [0.3, 0.4) is 0 Å². The average Bonchev–Trinajstić information content (AvgIpc) is 2.65. The largest absolute Gasteiger partial charge is 0.482 e. The number of ether oxygens (including phenoxy) is 3. The average molecular weight is 375 g/mol. The minimum absolute atomic E-state index is 0.276. The summed E-state index contributed by atoms with van der Waals surface area (Å²) in [7, 11) is 2.54. The summed E-state index contributed by atoms with van der Waals surface area (Å²) in [6.45, 7) is 2.92. The van der Waals surface area contributed by atoms with Gasteiger partial charge in [0, 0.05) is 17.3 Å².